The number of hydrogen-bond donors (Lipinski definition) is 1. The van der Waals surface area contributed by atoms with Crippen molar-refractivity contribution >= 4 is 17.6 Å². The molecule has 3 aliphatic rings. The van der Waals surface area contributed by atoms with Gasteiger partial charge in [0.15, 0.2) is 5.78 Å². The molecule has 1 unspecified atom stereocenters. The van der Waals surface area contributed by atoms with Gasteiger partial charge in [0.1, 0.15) is 5.54 Å². The van der Waals surface area contributed by atoms with Crippen molar-refractivity contribution in [1.29, 1.82) is 0 Å². The number of amides is 2. The molecule has 1 atom stereocenters. The maximum absolute atomic E-state index is 12.7. The van der Waals surface area contributed by atoms with Crippen molar-refractivity contribution in [3.63, 3.8) is 0 Å². The number of ketones is 1. The molecule has 3 rings (SSSR count). The van der Waals surface area contributed by atoms with Crippen LogP contribution >= 0.6 is 0 Å². The number of nitrogens with one attached hydrogen (secondary N) is 1. The second kappa shape index (κ2) is 5.21. The predicted molar refractivity (Wildman–Crippen MR) is 85.3 cm³/mol. The molecule has 0 radical (unpaired) electrons. The summed E-state index contributed by atoms with van der Waals surface area (Å²) >= 11 is 0. The Kier molecular flexibility index (Phi) is 3.46. The quantitative estimate of drug-likeness (QED) is 0.779. The third-order valence-electron chi connectivity index (χ3n) is 4.40. The normalized spacial score (nSPS) is 26.9. The zero-order valence-corrected chi connectivity index (χ0v) is 13.4. The van der Waals surface area contributed by atoms with Gasteiger partial charge in [0.05, 0.1) is 12.1 Å². The summed E-state index contributed by atoms with van der Waals surface area (Å²) in [6.45, 7) is 5.69. The van der Waals surface area contributed by atoms with Crippen LogP contribution in [0.5, 0.6) is 0 Å². The molecule has 0 aromatic heterocycles. The minimum Gasteiger partial charge on any atom is -0.338 e. The van der Waals surface area contributed by atoms with E-state index < -0.39 is 5.54 Å². The molecule has 0 aromatic rings. The largest absolute Gasteiger partial charge is 0.338 e. The fraction of sp³-hybridized carbons (Fsp3) is 0.333. The fourth-order valence-corrected chi connectivity index (χ4v) is 3.06. The van der Waals surface area contributed by atoms with Crippen molar-refractivity contribution in [2.75, 3.05) is 13.1 Å². The average Bonchev–Trinajstić information content (AvgIpc) is 2.65. The van der Waals surface area contributed by atoms with E-state index in [0.29, 0.717) is 17.7 Å². The second-order valence-corrected chi connectivity index (χ2v) is 6.33. The number of allylic oxidation sites excluding steroid dienone is 1. The van der Waals surface area contributed by atoms with Crippen LogP contribution in [0.15, 0.2) is 52.3 Å². The van der Waals surface area contributed by atoms with Crippen LogP contribution < -0.4 is 5.32 Å². The maximum Gasteiger partial charge on any atom is 0.255 e. The zero-order valence-electron chi connectivity index (χ0n) is 13.4. The molecular formula is C18H18N2O3. The molecule has 2 amide bonds. The Morgan fingerprint density at radius 1 is 1.30 bits per heavy atom. The molecule has 1 aliphatic carbocycles. The number of carbonyl (C=O) groups excluding carboxylic acids is 3. The Bertz CT molecular complexity index is 791. The Morgan fingerprint density at radius 2 is 2.04 bits per heavy atom. The van der Waals surface area contributed by atoms with Gasteiger partial charge in [-0.1, -0.05) is 12.2 Å². The Balaban J connectivity index is 1.85. The molecular weight excluding hydrogens is 292 g/mol. The SMILES string of the molecule is CC1=C=CC=CC2=C1C(=O)N(CC1(C)NC(=O)C(C)=CC1=O)C2. The second-order valence-electron chi connectivity index (χ2n) is 6.33. The molecule has 0 fully saturated rings. The van der Waals surface area contributed by atoms with Crippen molar-refractivity contribution in [3.05, 3.63) is 52.3 Å². The molecule has 0 aromatic carbocycles. The predicted octanol–water partition coefficient (Wildman–Crippen LogP) is 1.20. The number of carbonyl (C=O) groups is 3. The van der Waals surface area contributed by atoms with Crippen LogP contribution in [0, 0.1) is 0 Å². The minimum atomic E-state index is -1.09. The highest BCUT2D eigenvalue weighted by atomic mass is 16.2. The Hall–Kier alpha value is -2.65. The van der Waals surface area contributed by atoms with Crippen molar-refractivity contribution < 1.29 is 14.4 Å². The molecule has 0 saturated heterocycles. The van der Waals surface area contributed by atoms with Gasteiger partial charge in [0, 0.05) is 17.7 Å². The molecule has 118 valence electrons. The van der Waals surface area contributed by atoms with Crippen LogP contribution in [0.4, 0.5) is 0 Å². The lowest BCUT2D eigenvalue weighted by atomic mass is 9.90. The van der Waals surface area contributed by atoms with Crippen molar-refractivity contribution in [2.45, 2.75) is 26.3 Å². The highest BCUT2D eigenvalue weighted by Crippen LogP contribution is 2.29. The Morgan fingerprint density at radius 3 is 2.78 bits per heavy atom. The third-order valence-corrected chi connectivity index (χ3v) is 4.40. The van der Waals surface area contributed by atoms with Gasteiger partial charge in [0.25, 0.3) is 5.91 Å². The summed E-state index contributed by atoms with van der Waals surface area (Å²) in [7, 11) is 0. The topological polar surface area (TPSA) is 66.5 Å². The van der Waals surface area contributed by atoms with Gasteiger partial charge < -0.3 is 10.2 Å². The molecule has 1 N–H and O–H groups in total. The number of nitrogens with zero attached hydrogens (tertiary/aromatic N) is 1. The first-order valence-corrected chi connectivity index (χ1v) is 7.50. The smallest absolute Gasteiger partial charge is 0.255 e. The highest BCUT2D eigenvalue weighted by Gasteiger charge is 2.42. The lowest BCUT2D eigenvalue weighted by molar-refractivity contribution is -0.132. The summed E-state index contributed by atoms with van der Waals surface area (Å²) in [5, 5.41) is 2.73. The van der Waals surface area contributed by atoms with Crippen molar-refractivity contribution in [1.82, 2.24) is 10.2 Å². The molecule has 0 bridgehead atoms. The van der Waals surface area contributed by atoms with Gasteiger partial charge in [-0.2, -0.15) is 0 Å². The van der Waals surface area contributed by atoms with Crippen molar-refractivity contribution in [2.24, 2.45) is 0 Å². The molecule has 0 spiro atoms. The lowest BCUT2D eigenvalue weighted by Gasteiger charge is -2.35. The van der Waals surface area contributed by atoms with E-state index in [9.17, 15) is 14.4 Å². The van der Waals surface area contributed by atoms with Gasteiger partial charge >= 0.3 is 0 Å². The number of hydrogen-bond acceptors (Lipinski definition) is 3. The van der Waals surface area contributed by atoms with Gasteiger partial charge in [-0.05, 0) is 38.5 Å². The summed E-state index contributed by atoms with van der Waals surface area (Å²) in [6.07, 6.45) is 6.88. The van der Waals surface area contributed by atoms with Gasteiger partial charge in [-0.3, -0.25) is 14.4 Å². The monoisotopic (exact) mass is 310 g/mol. The molecule has 5 heteroatoms. The van der Waals surface area contributed by atoms with Crippen molar-refractivity contribution in [3.8, 4) is 0 Å². The highest BCUT2D eigenvalue weighted by molar-refractivity contribution is 6.12. The van der Waals surface area contributed by atoms with E-state index in [2.05, 4.69) is 11.0 Å². The van der Waals surface area contributed by atoms with E-state index in [-0.39, 0.29) is 24.1 Å². The van der Waals surface area contributed by atoms with Crippen LogP contribution in [0.3, 0.4) is 0 Å². The molecule has 2 heterocycles. The standard InChI is InChI=1S/C18H18N2O3/c1-11-6-4-5-7-13-9-20(17(23)15(11)13)10-18(3)14(21)8-12(2)16(22)19-18/h4-5,7-8H,9-10H2,1-3H3,(H,19,22). The van der Waals surface area contributed by atoms with Gasteiger partial charge in [-0.15, -0.1) is 5.73 Å². The number of rotatable bonds is 2. The molecule has 0 saturated carbocycles. The van der Waals surface area contributed by atoms with E-state index in [4.69, 9.17) is 0 Å². The third kappa shape index (κ3) is 2.49. The summed E-state index contributed by atoms with van der Waals surface area (Å²) in [5.74, 6) is -0.584. The van der Waals surface area contributed by atoms with Crippen LogP contribution in [0.25, 0.3) is 0 Å². The first-order chi connectivity index (χ1) is 10.8. The van der Waals surface area contributed by atoms with Gasteiger partial charge in [-0.25, -0.2) is 0 Å². The van der Waals surface area contributed by atoms with E-state index in [1.54, 1.807) is 24.8 Å². The van der Waals surface area contributed by atoms with E-state index in [1.807, 2.05) is 19.1 Å². The molecule has 23 heavy (non-hydrogen) atoms. The fourth-order valence-electron chi connectivity index (χ4n) is 3.06. The van der Waals surface area contributed by atoms with Crippen LogP contribution in [0.2, 0.25) is 0 Å². The molecule has 5 nitrogen and oxygen atoms in total. The summed E-state index contributed by atoms with van der Waals surface area (Å²) in [6, 6.07) is 0. The summed E-state index contributed by atoms with van der Waals surface area (Å²) in [4.78, 5) is 38.5. The first-order valence-electron chi connectivity index (χ1n) is 7.50. The van der Waals surface area contributed by atoms with E-state index >= 15 is 0 Å². The van der Waals surface area contributed by atoms with E-state index in [0.717, 1.165) is 11.1 Å². The Labute approximate surface area is 134 Å². The van der Waals surface area contributed by atoms with Crippen LogP contribution in [-0.2, 0) is 14.4 Å². The maximum atomic E-state index is 12.7. The minimum absolute atomic E-state index is 0.125. The van der Waals surface area contributed by atoms with Crippen LogP contribution in [0.1, 0.15) is 20.8 Å². The van der Waals surface area contributed by atoms with E-state index in [1.165, 1.54) is 6.08 Å². The average molecular weight is 310 g/mol. The lowest BCUT2D eigenvalue weighted by Crippen LogP contribution is -2.61. The molecule has 2 aliphatic heterocycles. The summed E-state index contributed by atoms with van der Waals surface area (Å²) in [5.41, 5.74) is 4.70. The van der Waals surface area contributed by atoms with Gasteiger partial charge in [0.2, 0.25) is 5.91 Å². The first kappa shape index (κ1) is 15.3. The van der Waals surface area contributed by atoms with Crippen LogP contribution in [-0.4, -0.2) is 41.1 Å². The zero-order chi connectivity index (χ0) is 16.8. The summed E-state index contributed by atoms with van der Waals surface area (Å²) < 4.78 is 0.